The van der Waals surface area contributed by atoms with Gasteiger partial charge in [0.1, 0.15) is 5.75 Å². The normalized spacial score (nSPS) is 15.4. The van der Waals surface area contributed by atoms with Crippen LogP contribution in [-0.4, -0.2) is 61.3 Å². The van der Waals surface area contributed by atoms with E-state index in [0.717, 1.165) is 16.5 Å². The minimum Gasteiger partial charge on any atom is -0.494 e. The van der Waals surface area contributed by atoms with E-state index >= 15 is 0 Å². The molecule has 4 rings (SSSR count). The number of hydrogen-bond acceptors (Lipinski definition) is 4. The second-order valence-corrected chi connectivity index (χ2v) is 9.16. The standard InChI is InChI=1S/C22H25N3O4S/c1-2-29-18-7-9-19(10-8-18)30(27,28)25-13-11-24(12-14-25)22(26)15-17-16-23-21-6-4-3-5-20(17)21/h3-10,16,23H,2,11-15H2,1H3. The average Bonchev–Trinajstić information content (AvgIpc) is 3.17. The van der Waals surface area contributed by atoms with Crippen molar-refractivity contribution in [3.8, 4) is 5.75 Å². The third-order valence-electron chi connectivity index (χ3n) is 5.38. The highest BCUT2D eigenvalue weighted by Gasteiger charge is 2.30. The number of ether oxygens (including phenoxy) is 1. The van der Waals surface area contributed by atoms with E-state index in [4.69, 9.17) is 4.74 Å². The van der Waals surface area contributed by atoms with Gasteiger partial charge in [0.15, 0.2) is 0 Å². The molecule has 1 aromatic heterocycles. The fourth-order valence-electron chi connectivity index (χ4n) is 3.75. The lowest BCUT2D eigenvalue weighted by molar-refractivity contribution is -0.131. The van der Waals surface area contributed by atoms with Crippen LogP contribution in [-0.2, 0) is 21.2 Å². The Morgan fingerprint density at radius 2 is 1.73 bits per heavy atom. The molecule has 0 unspecified atom stereocenters. The molecule has 7 nitrogen and oxygen atoms in total. The first-order valence-electron chi connectivity index (χ1n) is 10.0. The number of amides is 1. The van der Waals surface area contributed by atoms with Gasteiger partial charge in [0.2, 0.25) is 15.9 Å². The molecule has 1 aliphatic rings. The third kappa shape index (κ3) is 4.06. The van der Waals surface area contributed by atoms with Gasteiger partial charge in [-0.1, -0.05) is 18.2 Å². The Labute approximate surface area is 176 Å². The second-order valence-electron chi connectivity index (χ2n) is 7.23. The number of nitrogens with one attached hydrogen (secondary N) is 1. The van der Waals surface area contributed by atoms with Crippen LogP contribution in [0.5, 0.6) is 5.75 Å². The van der Waals surface area contributed by atoms with Gasteiger partial charge in [-0.05, 0) is 42.8 Å². The summed E-state index contributed by atoms with van der Waals surface area (Å²) in [4.78, 5) is 17.9. The Kier molecular flexibility index (Phi) is 5.78. The van der Waals surface area contributed by atoms with Crippen LogP contribution in [0.3, 0.4) is 0 Å². The molecule has 0 saturated carbocycles. The zero-order valence-corrected chi connectivity index (χ0v) is 17.7. The number of rotatable bonds is 6. The van der Waals surface area contributed by atoms with E-state index in [9.17, 15) is 13.2 Å². The molecule has 1 aliphatic heterocycles. The number of H-pyrrole nitrogens is 1. The number of carbonyl (C=O) groups is 1. The predicted octanol–water partition coefficient (Wildman–Crippen LogP) is 2.64. The third-order valence-corrected chi connectivity index (χ3v) is 7.29. The lowest BCUT2D eigenvalue weighted by Gasteiger charge is -2.34. The second kappa shape index (κ2) is 8.49. The van der Waals surface area contributed by atoms with Gasteiger partial charge in [-0.2, -0.15) is 4.31 Å². The predicted molar refractivity (Wildman–Crippen MR) is 115 cm³/mol. The van der Waals surface area contributed by atoms with Crippen molar-refractivity contribution in [1.82, 2.24) is 14.2 Å². The molecular weight excluding hydrogens is 402 g/mol. The maximum absolute atomic E-state index is 12.9. The number of aromatic nitrogens is 1. The van der Waals surface area contributed by atoms with E-state index in [0.29, 0.717) is 31.9 Å². The Balaban J connectivity index is 1.38. The Morgan fingerprint density at radius 3 is 2.43 bits per heavy atom. The van der Waals surface area contributed by atoms with Crippen LogP contribution in [0.25, 0.3) is 10.9 Å². The molecule has 1 fully saturated rings. The van der Waals surface area contributed by atoms with Crippen LogP contribution >= 0.6 is 0 Å². The van der Waals surface area contributed by atoms with Gasteiger partial charge < -0.3 is 14.6 Å². The highest BCUT2D eigenvalue weighted by molar-refractivity contribution is 7.89. The van der Waals surface area contributed by atoms with Gasteiger partial charge in [0, 0.05) is 43.3 Å². The quantitative estimate of drug-likeness (QED) is 0.656. The molecule has 0 atom stereocenters. The fourth-order valence-corrected chi connectivity index (χ4v) is 5.18. The number of piperazine rings is 1. The van der Waals surface area contributed by atoms with Crippen molar-refractivity contribution in [2.75, 3.05) is 32.8 Å². The van der Waals surface area contributed by atoms with E-state index in [2.05, 4.69) is 4.98 Å². The van der Waals surface area contributed by atoms with Crippen LogP contribution in [0.4, 0.5) is 0 Å². The monoisotopic (exact) mass is 427 g/mol. The zero-order chi connectivity index (χ0) is 21.1. The van der Waals surface area contributed by atoms with Crippen LogP contribution in [0.1, 0.15) is 12.5 Å². The van der Waals surface area contributed by atoms with Crippen molar-refractivity contribution in [2.45, 2.75) is 18.2 Å². The number of sulfonamides is 1. The van der Waals surface area contributed by atoms with E-state index < -0.39 is 10.0 Å². The highest BCUT2D eigenvalue weighted by atomic mass is 32.2. The van der Waals surface area contributed by atoms with E-state index in [1.807, 2.05) is 37.4 Å². The largest absolute Gasteiger partial charge is 0.494 e. The van der Waals surface area contributed by atoms with Gasteiger partial charge >= 0.3 is 0 Å². The molecule has 2 heterocycles. The Morgan fingerprint density at radius 1 is 1.03 bits per heavy atom. The molecule has 0 radical (unpaired) electrons. The number of carbonyl (C=O) groups excluding carboxylic acids is 1. The molecule has 0 aliphatic carbocycles. The number of benzene rings is 2. The molecule has 2 aromatic carbocycles. The summed E-state index contributed by atoms with van der Waals surface area (Å²) in [7, 11) is -3.59. The van der Waals surface area contributed by atoms with Crippen molar-refractivity contribution in [3.05, 3.63) is 60.3 Å². The van der Waals surface area contributed by atoms with E-state index in [-0.39, 0.29) is 23.9 Å². The van der Waals surface area contributed by atoms with Crippen LogP contribution in [0.2, 0.25) is 0 Å². The summed E-state index contributed by atoms with van der Waals surface area (Å²) in [5.74, 6) is 0.655. The summed E-state index contributed by atoms with van der Waals surface area (Å²) in [5, 5.41) is 1.04. The summed E-state index contributed by atoms with van der Waals surface area (Å²) in [6.45, 7) is 3.75. The fraction of sp³-hybridized carbons (Fsp3) is 0.318. The van der Waals surface area contributed by atoms with Gasteiger partial charge in [0.05, 0.1) is 17.9 Å². The van der Waals surface area contributed by atoms with Gasteiger partial charge in [-0.25, -0.2) is 8.42 Å². The number of nitrogens with zero attached hydrogens (tertiary/aromatic N) is 2. The first kappa shape index (κ1) is 20.4. The summed E-state index contributed by atoms with van der Waals surface area (Å²) in [6, 6.07) is 14.3. The first-order chi connectivity index (χ1) is 14.5. The Hall–Kier alpha value is -2.84. The summed E-state index contributed by atoms with van der Waals surface area (Å²) in [6.07, 6.45) is 2.17. The maximum atomic E-state index is 12.9. The molecule has 1 N–H and O–H groups in total. The highest BCUT2D eigenvalue weighted by Crippen LogP contribution is 2.22. The Bertz CT molecular complexity index is 1130. The maximum Gasteiger partial charge on any atom is 0.243 e. The smallest absolute Gasteiger partial charge is 0.243 e. The SMILES string of the molecule is CCOc1ccc(S(=O)(=O)N2CCN(C(=O)Cc3c[nH]c4ccccc34)CC2)cc1. The van der Waals surface area contributed by atoms with Crippen molar-refractivity contribution >= 4 is 26.8 Å². The van der Waals surface area contributed by atoms with Crippen molar-refractivity contribution in [3.63, 3.8) is 0 Å². The summed E-state index contributed by atoms with van der Waals surface area (Å²) >= 11 is 0. The van der Waals surface area contributed by atoms with Gasteiger partial charge in [-0.3, -0.25) is 4.79 Å². The summed E-state index contributed by atoms with van der Waals surface area (Å²) < 4.78 is 32.6. The molecule has 158 valence electrons. The number of aromatic amines is 1. The van der Waals surface area contributed by atoms with E-state index in [1.54, 1.807) is 29.2 Å². The molecular formula is C22H25N3O4S. The topological polar surface area (TPSA) is 82.7 Å². The van der Waals surface area contributed by atoms with Crippen LogP contribution < -0.4 is 4.74 Å². The molecule has 1 saturated heterocycles. The minimum atomic E-state index is -3.59. The van der Waals surface area contributed by atoms with Crippen molar-refractivity contribution in [2.24, 2.45) is 0 Å². The average molecular weight is 428 g/mol. The lowest BCUT2D eigenvalue weighted by atomic mass is 10.1. The van der Waals surface area contributed by atoms with Gasteiger partial charge in [-0.15, -0.1) is 0 Å². The van der Waals surface area contributed by atoms with Crippen molar-refractivity contribution < 1.29 is 17.9 Å². The first-order valence-corrected chi connectivity index (χ1v) is 11.5. The molecule has 3 aromatic rings. The zero-order valence-electron chi connectivity index (χ0n) is 16.9. The molecule has 30 heavy (non-hydrogen) atoms. The molecule has 8 heteroatoms. The van der Waals surface area contributed by atoms with Gasteiger partial charge in [0.25, 0.3) is 0 Å². The van der Waals surface area contributed by atoms with Crippen LogP contribution in [0.15, 0.2) is 59.6 Å². The molecule has 0 bridgehead atoms. The molecule has 1 amide bonds. The summed E-state index contributed by atoms with van der Waals surface area (Å²) in [5.41, 5.74) is 1.96. The molecule has 0 spiro atoms. The lowest BCUT2D eigenvalue weighted by Crippen LogP contribution is -2.50. The minimum absolute atomic E-state index is 0.0119. The number of para-hydroxylation sites is 1. The van der Waals surface area contributed by atoms with Crippen LogP contribution in [0, 0.1) is 0 Å². The van der Waals surface area contributed by atoms with E-state index in [1.165, 1.54) is 4.31 Å². The number of fused-ring (bicyclic) bond motifs is 1. The number of hydrogen-bond donors (Lipinski definition) is 1. The van der Waals surface area contributed by atoms with Crippen molar-refractivity contribution in [1.29, 1.82) is 0 Å².